The molecule has 0 nitrogen and oxygen atoms in total. The predicted molar refractivity (Wildman–Crippen MR) is 171 cm³/mol. The molecule has 208 valence electrons. The standard InChI is InChI=1S/C21H25.C9H18.C5H5.2ClH.Zr/c1-20(2,3)16-9-7-14-11-15-8-10-17(21(4,5)6)13-19(15)18(14)12-16;1-3-5-7-9-8-6-4-2;1-2-4-5-3-1;;;/h7,9-10,12-13H,11H2,1-6H3;3-8H2,1-2H3;1-3H,4H2;2*1H;/q-1;;-1;;;+2. The van der Waals surface area contributed by atoms with E-state index in [1.807, 2.05) is 12.2 Å². The van der Waals surface area contributed by atoms with Crippen LogP contribution in [0.1, 0.15) is 123 Å². The fourth-order valence-electron chi connectivity index (χ4n) is 4.23. The van der Waals surface area contributed by atoms with Gasteiger partial charge in [-0.25, -0.2) is 12.2 Å². The van der Waals surface area contributed by atoms with Gasteiger partial charge in [0.25, 0.3) is 0 Å². The molecule has 0 radical (unpaired) electrons. The molecular formula is C35H50Cl2Zr. The molecule has 2 aromatic rings. The van der Waals surface area contributed by atoms with Gasteiger partial charge in [-0.3, -0.25) is 6.08 Å². The van der Waals surface area contributed by atoms with E-state index in [1.165, 1.54) is 71.9 Å². The smallest absolute Gasteiger partial charge is 0.109 e. The van der Waals surface area contributed by atoms with E-state index in [1.54, 1.807) is 27.4 Å². The normalized spacial score (nSPS) is 12.7. The summed E-state index contributed by atoms with van der Waals surface area (Å²) in [6.45, 7) is 18.2. The number of fused-ring (bicyclic) bond motifs is 3. The van der Waals surface area contributed by atoms with Crippen LogP contribution in [-0.4, -0.2) is 3.21 Å². The topological polar surface area (TPSA) is 0 Å². The van der Waals surface area contributed by atoms with Crippen LogP contribution < -0.4 is 0 Å². The first-order valence-corrected chi connectivity index (χ1v) is 15.2. The van der Waals surface area contributed by atoms with Gasteiger partial charge in [0.15, 0.2) is 0 Å². The Bertz CT molecular complexity index is 967. The Morgan fingerprint density at radius 3 is 1.87 bits per heavy atom. The Balaban J connectivity index is 0.000000676. The van der Waals surface area contributed by atoms with E-state index in [4.69, 9.17) is 0 Å². The minimum atomic E-state index is 0. The first kappa shape index (κ1) is 37.3. The van der Waals surface area contributed by atoms with Crippen molar-refractivity contribution < 1.29 is 24.2 Å². The van der Waals surface area contributed by atoms with Crippen molar-refractivity contribution in [3.8, 4) is 11.1 Å². The summed E-state index contributed by atoms with van der Waals surface area (Å²) in [5, 5.41) is 0. The van der Waals surface area contributed by atoms with Crippen LogP contribution >= 0.6 is 24.8 Å². The van der Waals surface area contributed by atoms with Gasteiger partial charge in [0.2, 0.25) is 0 Å². The van der Waals surface area contributed by atoms with Gasteiger partial charge in [0.1, 0.15) is 0 Å². The maximum absolute atomic E-state index is 3.53. The van der Waals surface area contributed by atoms with Gasteiger partial charge in [-0.05, 0) is 17.4 Å². The van der Waals surface area contributed by atoms with E-state index in [2.05, 4.69) is 104 Å². The van der Waals surface area contributed by atoms with Gasteiger partial charge in [-0.1, -0.05) is 76.3 Å². The summed E-state index contributed by atoms with van der Waals surface area (Å²) in [6, 6.07) is 15.1. The Morgan fingerprint density at radius 2 is 1.42 bits per heavy atom. The summed E-state index contributed by atoms with van der Waals surface area (Å²) in [4.78, 5) is 0. The van der Waals surface area contributed by atoms with E-state index < -0.39 is 0 Å². The summed E-state index contributed by atoms with van der Waals surface area (Å²) < 4.78 is 1.79. The second kappa shape index (κ2) is 17.8. The van der Waals surface area contributed by atoms with Crippen molar-refractivity contribution in [3.05, 3.63) is 83.0 Å². The molecule has 0 spiro atoms. The third kappa shape index (κ3) is 12.2. The van der Waals surface area contributed by atoms with Gasteiger partial charge in [0.05, 0.1) is 0 Å². The molecule has 38 heavy (non-hydrogen) atoms. The molecule has 0 atom stereocenters. The number of halogens is 2. The minimum absolute atomic E-state index is 0. The summed E-state index contributed by atoms with van der Waals surface area (Å²) in [7, 11) is 0. The Kier molecular flexibility index (Phi) is 17.5. The predicted octanol–water partition coefficient (Wildman–Crippen LogP) is 10.9. The Hall–Kier alpha value is -0.747. The van der Waals surface area contributed by atoms with Crippen LogP contribution in [0.4, 0.5) is 0 Å². The molecule has 0 unspecified atom stereocenters. The zero-order valence-electron chi connectivity index (χ0n) is 25.1. The van der Waals surface area contributed by atoms with Crippen molar-refractivity contribution in [2.24, 2.45) is 0 Å². The molecule has 0 bridgehead atoms. The van der Waals surface area contributed by atoms with E-state index >= 15 is 0 Å². The van der Waals surface area contributed by atoms with Crippen molar-refractivity contribution in [1.82, 2.24) is 0 Å². The maximum atomic E-state index is 3.53. The molecule has 3 heteroatoms. The molecule has 0 fully saturated rings. The number of unbranched alkanes of at least 4 members (excludes halogenated alkanes) is 2. The molecular weight excluding hydrogens is 583 g/mol. The SMILES string of the molecule is CC(C)(C)c1c[c-]c2c(c1)-c1cc(C(C)(C)C)ccc1C2.CCCC[C](=[Zr+2])CCCC.Cl.Cl.[C-]1=CC=CC1. The van der Waals surface area contributed by atoms with Gasteiger partial charge < -0.3 is 0 Å². The molecule has 0 saturated carbocycles. The third-order valence-corrected chi connectivity index (χ3v) is 8.01. The Morgan fingerprint density at radius 1 is 0.842 bits per heavy atom. The number of allylic oxidation sites excluding steroid dienone is 4. The minimum Gasteiger partial charge on any atom is -0.273 e. The average molecular weight is 633 g/mol. The van der Waals surface area contributed by atoms with E-state index in [0.717, 1.165) is 12.8 Å². The van der Waals surface area contributed by atoms with Gasteiger partial charge in [0, 0.05) is 0 Å². The summed E-state index contributed by atoms with van der Waals surface area (Å²) in [5.74, 6) is 0. The van der Waals surface area contributed by atoms with E-state index in [-0.39, 0.29) is 35.6 Å². The van der Waals surface area contributed by atoms with Gasteiger partial charge in [-0.15, -0.1) is 36.8 Å². The molecule has 0 heterocycles. The summed E-state index contributed by atoms with van der Waals surface area (Å²) in [5.41, 5.74) is 8.76. The van der Waals surface area contributed by atoms with Crippen LogP contribution in [0.5, 0.6) is 0 Å². The van der Waals surface area contributed by atoms with Gasteiger partial charge in [-0.2, -0.15) is 35.4 Å². The number of hydrogen-bond acceptors (Lipinski definition) is 0. The fourth-order valence-corrected chi connectivity index (χ4v) is 5.10. The molecule has 0 aromatic heterocycles. The van der Waals surface area contributed by atoms with Crippen molar-refractivity contribution in [1.29, 1.82) is 0 Å². The van der Waals surface area contributed by atoms with Crippen LogP contribution in [-0.2, 0) is 41.5 Å². The Labute approximate surface area is 262 Å². The molecule has 2 aliphatic rings. The first-order chi connectivity index (χ1) is 17.0. The van der Waals surface area contributed by atoms with Crippen molar-refractivity contribution >= 4 is 28.0 Å². The molecule has 2 aromatic carbocycles. The monoisotopic (exact) mass is 630 g/mol. The largest absolute Gasteiger partial charge is 0.273 e. The van der Waals surface area contributed by atoms with Crippen LogP contribution in [0, 0.1) is 12.1 Å². The maximum Gasteiger partial charge on any atom is -0.109 e. The average Bonchev–Trinajstić information content (AvgIpc) is 3.51. The second-order valence-electron chi connectivity index (χ2n) is 12.1. The fraction of sp³-hybridized carbons (Fsp3) is 0.514. The van der Waals surface area contributed by atoms with Crippen molar-refractivity contribution in [2.75, 3.05) is 0 Å². The quantitative estimate of drug-likeness (QED) is 0.237. The van der Waals surface area contributed by atoms with Crippen LogP contribution in [0.25, 0.3) is 11.1 Å². The summed E-state index contributed by atoms with van der Waals surface area (Å²) in [6.07, 6.45) is 19.3. The first-order valence-electron chi connectivity index (χ1n) is 13.9. The number of hydrogen-bond donors (Lipinski definition) is 0. The van der Waals surface area contributed by atoms with Crippen LogP contribution in [0.3, 0.4) is 0 Å². The van der Waals surface area contributed by atoms with E-state index in [9.17, 15) is 0 Å². The van der Waals surface area contributed by atoms with Crippen LogP contribution in [0.2, 0.25) is 0 Å². The molecule has 0 N–H and O–H groups in total. The molecule has 4 rings (SSSR count). The van der Waals surface area contributed by atoms with Crippen molar-refractivity contribution in [2.45, 2.75) is 118 Å². The molecule has 0 saturated heterocycles. The number of benzene rings is 2. The van der Waals surface area contributed by atoms with Crippen molar-refractivity contribution in [3.63, 3.8) is 0 Å². The molecule has 0 amide bonds. The zero-order chi connectivity index (χ0) is 26.8. The summed E-state index contributed by atoms with van der Waals surface area (Å²) >= 11 is 1.67. The van der Waals surface area contributed by atoms with Crippen LogP contribution in [0.15, 0.2) is 48.6 Å². The third-order valence-electron chi connectivity index (χ3n) is 6.78. The molecule has 0 aliphatic heterocycles. The van der Waals surface area contributed by atoms with E-state index in [0.29, 0.717) is 0 Å². The van der Waals surface area contributed by atoms with Gasteiger partial charge >= 0.3 is 79.8 Å². The number of rotatable bonds is 6. The zero-order valence-corrected chi connectivity index (χ0v) is 29.2. The second-order valence-corrected chi connectivity index (χ2v) is 13.9. The molecule has 2 aliphatic carbocycles.